The van der Waals surface area contributed by atoms with Crippen molar-refractivity contribution < 1.29 is 9.18 Å². The molecular weight excluding hydrogens is 293 g/mol. The zero-order chi connectivity index (χ0) is 16.0. The molecule has 2 fully saturated rings. The number of nitrogens with one attached hydrogen (secondary N) is 1. The maximum atomic E-state index is 13.8. The first-order chi connectivity index (χ1) is 11.1. The lowest BCUT2D eigenvalue weighted by atomic mass is 10.1. The lowest BCUT2D eigenvalue weighted by Crippen LogP contribution is -2.45. The van der Waals surface area contributed by atoms with Crippen molar-refractivity contribution in [1.29, 1.82) is 0 Å². The van der Waals surface area contributed by atoms with E-state index in [9.17, 15) is 9.18 Å². The largest absolute Gasteiger partial charge is 0.331 e. The highest BCUT2D eigenvalue weighted by Crippen LogP contribution is 2.33. The van der Waals surface area contributed by atoms with Crippen LogP contribution in [0.4, 0.5) is 9.18 Å². The standard InChI is InChI=1S/C18H24FN3O/c1-21-12-5-6-13(21)11-22(10-9-12)18(23)20-17-8-7-14-15(17)3-2-4-16(14)19/h2-4,12-13,17H,5-11H2,1H3,(H,20,23)/t12-,13-,17+/m0/s1. The van der Waals surface area contributed by atoms with Gasteiger partial charge in [0.05, 0.1) is 6.04 Å². The minimum absolute atomic E-state index is 0.00746. The van der Waals surface area contributed by atoms with Crippen molar-refractivity contribution in [2.45, 2.75) is 50.2 Å². The minimum atomic E-state index is -0.145. The van der Waals surface area contributed by atoms with Gasteiger partial charge < -0.3 is 10.2 Å². The molecule has 2 amide bonds. The van der Waals surface area contributed by atoms with E-state index in [1.165, 1.54) is 18.9 Å². The number of rotatable bonds is 1. The molecule has 5 heteroatoms. The highest BCUT2D eigenvalue weighted by Gasteiger charge is 2.36. The van der Waals surface area contributed by atoms with E-state index in [0.29, 0.717) is 18.5 Å². The first kappa shape index (κ1) is 14.9. The summed E-state index contributed by atoms with van der Waals surface area (Å²) in [7, 11) is 2.18. The average molecular weight is 317 g/mol. The van der Waals surface area contributed by atoms with Gasteiger partial charge in [-0.25, -0.2) is 9.18 Å². The third kappa shape index (κ3) is 2.61. The summed E-state index contributed by atoms with van der Waals surface area (Å²) in [6.45, 7) is 1.63. The SMILES string of the molecule is CN1[C@H]2CC[C@H]1CN(C(=O)N[C@@H]1CCc3c(F)cccc31)CC2. The number of carbonyl (C=O) groups excluding carboxylic acids is 1. The van der Waals surface area contributed by atoms with Crippen LogP contribution in [0.5, 0.6) is 0 Å². The Balaban J connectivity index is 1.44. The molecule has 3 aliphatic rings. The topological polar surface area (TPSA) is 35.6 Å². The lowest BCUT2D eigenvalue weighted by molar-refractivity contribution is 0.184. The minimum Gasteiger partial charge on any atom is -0.331 e. The van der Waals surface area contributed by atoms with Crippen LogP contribution in [0.2, 0.25) is 0 Å². The van der Waals surface area contributed by atoms with Gasteiger partial charge in [0.25, 0.3) is 0 Å². The number of carbonyl (C=O) groups is 1. The van der Waals surface area contributed by atoms with E-state index in [4.69, 9.17) is 0 Å². The molecule has 2 bridgehead atoms. The monoisotopic (exact) mass is 317 g/mol. The number of likely N-dealkylation sites (N-methyl/N-ethyl adjacent to an activating group) is 1. The summed E-state index contributed by atoms with van der Waals surface area (Å²) >= 11 is 0. The third-order valence-corrected chi connectivity index (χ3v) is 5.95. The van der Waals surface area contributed by atoms with Gasteiger partial charge >= 0.3 is 6.03 Å². The summed E-state index contributed by atoms with van der Waals surface area (Å²) in [5, 5.41) is 3.14. The van der Waals surface area contributed by atoms with Crippen LogP contribution >= 0.6 is 0 Å². The van der Waals surface area contributed by atoms with Crippen LogP contribution in [0.25, 0.3) is 0 Å². The lowest BCUT2D eigenvalue weighted by Gasteiger charge is -2.27. The molecule has 1 N–H and O–H groups in total. The molecule has 0 unspecified atom stereocenters. The van der Waals surface area contributed by atoms with Crippen molar-refractivity contribution in [3.63, 3.8) is 0 Å². The molecule has 3 atom stereocenters. The van der Waals surface area contributed by atoms with E-state index >= 15 is 0 Å². The molecule has 2 aliphatic heterocycles. The smallest absolute Gasteiger partial charge is 0.317 e. The molecule has 0 aromatic heterocycles. The summed E-state index contributed by atoms with van der Waals surface area (Å²) in [4.78, 5) is 17.1. The number of halogens is 1. The fourth-order valence-electron chi connectivity index (χ4n) is 4.49. The van der Waals surface area contributed by atoms with Crippen molar-refractivity contribution >= 4 is 6.03 Å². The van der Waals surface area contributed by atoms with Gasteiger partial charge in [-0.15, -0.1) is 0 Å². The van der Waals surface area contributed by atoms with Gasteiger partial charge in [0.15, 0.2) is 0 Å². The van der Waals surface area contributed by atoms with Gasteiger partial charge in [-0.2, -0.15) is 0 Å². The Morgan fingerprint density at radius 1 is 1.22 bits per heavy atom. The maximum absolute atomic E-state index is 13.8. The molecule has 2 saturated heterocycles. The summed E-state index contributed by atoms with van der Waals surface area (Å²) < 4.78 is 13.8. The second-order valence-electron chi connectivity index (χ2n) is 7.13. The van der Waals surface area contributed by atoms with Gasteiger partial charge in [0.1, 0.15) is 5.82 Å². The number of likely N-dealkylation sites (tertiary alicyclic amines) is 1. The van der Waals surface area contributed by atoms with E-state index in [-0.39, 0.29) is 17.9 Å². The summed E-state index contributed by atoms with van der Waals surface area (Å²) in [6.07, 6.45) is 4.99. The van der Waals surface area contributed by atoms with E-state index in [0.717, 1.165) is 37.1 Å². The van der Waals surface area contributed by atoms with Crippen LogP contribution in [0.1, 0.15) is 42.9 Å². The Labute approximate surface area is 136 Å². The van der Waals surface area contributed by atoms with E-state index < -0.39 is 0 Å². The molecule has 1 aromatic rings. The van der Waals surface area contributed by atoms with Gasteiger partial charge in [0.2, 0.25) is 0 Å². The van der Waals surface area contributed by atoms with Crippen LogP contribution in [0.3, 0.4) is 0 Å². The quantitative estimate of drug-likeness (QED) is 0.864. The Morgan fingerprint density at radius 3 is 2.91 bits per heavy atom. The molecule has 4 nitrogen and oxygen atoms in total. The Bertz CT molecular complexity index is 620. The van der Waals surface area contributed by atoms with Crippen LogP contribution in [0.15, 0.2) is 18.2 Å². The third-order valence-electron chi connectivity index (χ3n) is 5.95. The van der Waals surface area contributed by atoms with Crippen molar-refractivity contribution in [1.82, 2.24) is 15.1 Å². The van der Waals surface area contributed by atoms with Gasteiger partial charge in [0, 0.05) is 25.2 Å². The van der Waals surface area contributed by atoms with Crippen LogP contribution < -0.4 is 5.32 Å². The highest BCUT2D eigenvalue weighted by atomic mass is 19.1. The fraction of sp³-hybridized carbons (Fsp3) is 0.611. The van der Waals surface area contributed by atoms with E-state index in [1.54, 1.807) is 6.07 Å². The number of benzene rings is 1. The number of fused-ring (bicyclic) bond motifs is 3. The molecule has 1 aliphatic carbocycles. The molecule has 23 heavy (non-hydrogen) atoms. The van der Waals surface area contributed by atoms with Crippen molar-refractivity contribution in [3.8, 4) is 0 Å². The van der Waals surface area contributed by atoms with Crippen LogP contribution in [0, 0.1) is 5.82 Å². The zero-order valence-corrected chi connectivity index (χ0v) is 13.6. The zero-order valence-electron chi connectivity index (χ0n) is 13.6. The summed E-state index contributed by atoms with van der Waals surface area (Å²) in [5.74, 6) is -0.145. The Kier molecular flexibility index (Phi) is 3.76. The second kappa shape index (κ2) is 5.78. The van der Waals surface area contributed by atoms with E-state index in [1.807, 2.05) is 11.0 Å². The number of nitrogens with zero attached hydrogens (tertiary/aromatic N) is 2. The van der Waals surface area contributed by atoms with Crippen molar-refractivity contribution in [2.75, 3.05) is 20.1 Å². The van der Waals surface area contributed by atoms with Crippen LogP contribution in [-0.4, -0.2) is 48.1 Å². The van der Waals surface area contributed by atoms with Crippen molar-refractivity contribution in [2.24, 2.45) is 0 Å². The number of urea groups is 1. The Morgan fingerprint density at radius 2 is 2.04 bits per heavy atom. The van der Waals surface area contributed by atoms with E-state index in [2.05, 4.69) is 17.3 Å². The molecule has 0 saturated carbocycles. The van der Waals surface area contributed by atoms with Gasteiger partial charge in [-0.1, -0.05) is 12.1 Å². The second-order valence-corrected chi connectivity index (χ2v) is 7.13. The predicted molar refractivity (Wildman–Crippen MR) is 86.8 cm³/mol. The fourth-order valence-corrected chi connectivity index (χ4v) is 4.49. The molecule has 124 valence electrons. The highest BCUT2D eigenvalue weighted by molar-refractivity contribution is 5.75. The molecule has 1 aromatic carbocycles. The average Bonchev–Trinajstić information content (AvgIpc) is 3.02. The molecule has 4 rings (SSSR count). The number of hydrogen-bond donors (Lipinski definition) is 1. The summed E-state index contributed by atoms with van der Waals surface area (Å²) in [5.41, 5.74) is 1.72. The van der Waals surface area contributed by atoms with Crippen LogP contribution in [-0.2, 0) is 6.42 Å². The maximum Gasteiger partial charge on any atom is 0.317 e. The number of amides is 2. The summed E-state index contributed by atoms with van der Waals surface area (Å²) in [6, 6.07) is 6.25. The predicted octanol–water partition coefficient (Wildman–Crippen LogP) is 2.69. The number of hydrogen-bond acceptors (Lipinski definition) is 2. The molecular formula is C18H24FN3O. The Hall–Kier alpha value is -1.62. The normalized spacial score (nSPS) is 30.2. The van der Waals surface area contributed by atoms with Gasteiger partial charge in [-0.05, 0) is 56.3 Å². The molecule has 0 radical (unpaired) electrons. The van der Waals surface area contributed by atoms with Gasteiger partial charge in [-0.3, -0.25) is 4.90 Å². The first-order valence-corrected chi connectivity index (χ1v) is 8.68. The van der Waals surface area contributed by atoms with Crippen molar-refractivity contribution in [3.05, 3.63) is 35.1 Å². The molecule has 0 spiro atoms. The molecule has 2 heterocycles. The first-order valence-electron chi connectivity index (χ1n) is 8.68.